The van der Waals surface area contributed by atoms with Crippen LogP contribution in [0.15, 0.2) is 47.4 Å². The van der Waals surface area contributed by atoms with E-state index >= 15 is 0 Å². The topological polar surface area (TPSA) is 176 Å². The molecule has 16 heteroatoms. The van der Waals surface area contributed by atoms with Crippen LogP contribution in [0.2, 0.25) is 0 Å². The van der Waals surface area contributed by atoms with Crippen molar-refractivity contribution in [2.75, 3.05) is 25.2 Å². The SMILES string of the molecule is CCCC[C@]1(CC)CS(=O)(=O)c2cc(C(=O)NCCS(=O)(=O)O)c(OC)cc2[C@@H](c2ccccc2)N1.O=C(O)C(F)(F)F. The van der Waals surface area contributed by atoms with Gasteiger partial charge in [0.2, 0.25) is 0 Å². The average molecular weight is 653 g/mol. The van der Waals surface area contributed by atoms with E-state index < -0.39 is 55.3 Å². The standard InChI is InChI=1S/C25H34N2O7S2.C2HF3O2/c1-4-6-12-25(5-2)17-35(29,30)22-16-19(24(28)26-13-14-36(31,32)33)21(34-3)15-20(22)23(27-25)18-10-8-7-9-11-18;3-2(4,5)1(6)7/h7-11,15-16,23,27H,4-6,12-14,17H2,1-3H3,(H,26,28)(H,31,32,33);(H,6,7)/t23-,25-;/m1./s1. The predicted molar refractivity (Wildman–Crippen MR) is 151 cm³/mol. The lowest BCUT2D eigenvalue weighted by Crippen LogP contribution is -2.50. The van der Waals surface area contributed by atoms with Gasteiger partial charge in [-0.25, -0.2) is 13.2 Å². The fourth-order valence-electron chi connectivity index (χ4n) is 4.62. The molecule has 2 aromatic rings. The summed E-state index contributed by atoms with van der Waals surface area (Å²) in [6, 6.07) is 12.0. The number of carboxylic acid groups (broad SMARTS) is 1. The number of halogens is 3. The van der Waals surface area contributed by atoms with Crippen LogP contribution in [-0.2, 0) is 24.7 Å². The Bertz CT molecular complexity index is 1500. The molecule has 0 unspecified atom stereocenters. The van der Waals surface area contributed by atoms with Gasteiger partial charge in [-0.05, 0) is 36.1 Å². The molecule has 0 saturated heterocycles. The van der Waals surface area contributed by atoms with Gasteiger partial charge in [0.1, 0.15) is 5.75 Å². The van der Waals surface area contributed by atoms with E-state index in [0.29, 0.717) is 18.4 Å². The second-order valence-electron chi connectivity index (χ2n) is 9.92. The van der Waals surface area contributed by atoms with E-state index in [1.165, 1.54) is 13.2 Å². The van der Waals surface area contributed by atoms with Crippen molar-refractivity contribution in [3.05, 3.63) is 59.2 Å². The third-order valence-corrected chi connectivity index (χ3v) is 9.52. The van der Waals surface area contributed by atoms with Crippen LogP contribution in [0.3, 0.4) is 0 Å². The number of carboxylic acids is 1. The van der Waals surface area contributed by atoms with Gasteiger partial charge in [0.15, 0.2) is 9.84 Å². The van der Waals surface area contributed by atoms with Crippen molar-refractivity contribution in [1.29, 1.82) is 0 Å². The Morgan fingerprint density at radius 1 is 1.16 bits per heavy atom. The van der Waals surface area contributed by atoms with E-state index in [9.17, 15) is 34.8 Å². The molecule has 3 rings (SSSR count). The number of hydrogen-bond acceptors (Lipinski definition) is 8. The van der Waals surface area contributed by atoms with E-state index in [0.717, 1.165) is 18.4 Å². The lowest BCUT2D eigenvalue weighted by Gasteiger charge is -2.36. The Morgan fingerprint density at radius 3 is 2.26 bits per heavy atom. The molecular formula is C27H35F3N2O9S2. The largest absolute Gasteiger partial charge is 0.496 e. The number of carbonyl (C=O) groups excluding carboxylic acids is 1. The van der Waals surface area contributed by atoms with Gasteiger partial charge in [-0.15, -0.1) is 0 Å². The van der Waals surface area contributed by atoms with Crippen LogP contribution >= 0.6 is 0 Å². The highest BCUT2D eigenvalue weighted by atomic mass is 32.2. The Morgan fingerprint density at radius 2 is 1.77 bits per heavy atom. The molecule has 1 heterocycles. The highest BCUT2D eigenvalue weighted by Gasteiger charge is 2.42. The van der Waals surface area contributed by atoms with Crippen LogP contribution in [0.25, 0.3) is 0 Å². The van der Waals surface area contributed by atoms with Gasteiger partial charge in [0.25, 0.3) is 16.0 Å². The Labute approximate surface area is 248 Å². The van der Waals surface area contributed by atoms with Crippen LogP contribution in [0.5, 0.6) is 5.75 Å². The van der Waals surface area contributed by atoms with E-state index in [-0.39, 0.29) is 28.5 Å². The number of methoxy groups -OCH3 is 1. The minimum Gasteiger partial charge on any atom is -0.496 e. The van der Waals surface area contributed by atoms with Gasteiger partial charge in [0, 0.05) is 12.1 Å². The minimum atomic E-state index is -5.08. The van der Waals surface area contributed by atoms with Crippen molar-refractivity contribution in [1.82, 2.24) is 10.6 Å². The maximum atomic E-state index is 13.8. The van der Waals surface area contributed by atoms with Crippen molar-refractivity contribution in [2.24, 2.45) is 0 Å². The van der Waals surface area contributed by atoms with Gasteiger partial charge >= 0.3 is 12.1 Å². The molecule has 1 aliphatic heterocycles. The summed E-state index contributed by atoms with van der Waals surface area (Å²) in [5, 5.41) is 13.2. The summed E-state index contributed by atoms with van der Waals surface area (Å²) in [6.45, 7) is 3.70. The summed E-state index contributed by atoms with van der Waals surface area (Å²) in [6.07, 6.45) is -2.02. The maximum Gasteiger partial charge on any atom is 0.490 e. The van der Waals surface area contributed by atoms with Crippen LogP contribution in [0.1, 0.15) is 67.1 Å². The molecule has 11 nitrogen and oxygen atoms in total. The maximum absolute atomic E-state index is 13.8. The molecule has 1 aliphatic rings. The second-order valence-corrected chi connectivity index (χ2v) is 13.4. The molecule has 0 aliphatic carbocycles. The van der Waals surface area contributed by atoms with E-state index in [1.807, 2.05) is 37.3 Å². The Kier molecular flexibility index (Phi) is 12.1. The summed E-state index contributed by atoms with van der Waals surface area (Å²) in [7, 11) is -6.72. The third kappa shape index (κ3) is 9.91. The fourth-order valence-corrected chi connectivity index (χ4v) is 7.13. The van der Waals surface area contributed by atoms with Crippen molar-refractivity contribution in [2.45, 2.75) is 62.2 Å². The molecule has 0 aromatic heterocycles. The number of benzene rings is 2. The monoisotopic (exact) mass is 652 g/mol. The first-order chi connectivity index (χ1) is 19.9. The number of unbranched alkanes of at least 4 members (excludes halogenated alkanes) is 1. The predicted octanol–water partition coefficient (Wildman–Crippen LogP) is 3.75. The molecule has 0 radical (unpaired) electrons. The Hall–Kier alpha value is -3.21. The molecule has 4 N–H and O–H groups in total. The molecule has 0 spiro atoms. The molecule has 2 atom stereocenters. The average Bonchev–Trinajstić information content (AvgIpc) is 3.02. The fraction of sp³-hybridized carbons (Fsp3) is 0.481. The number of rotatable bonds is 10. The first-order valence-corrected chi connectivity index (χ1v) is 16.5. The summed E-state index contributed by atoms with van der Waals surface area (Å²) in [4.78, 5) is 21.8. The first kappa shape index (κ1) is 36.0. The number of amides is 1. The minimum absolute atomic E-state index is 0.0282. The van der Waals surface area contributed by atoms with Crippen molar-refractivity contribution >= 4 is 31.8 Å². The van der Waals surface area contributed by atoms with E-state index in [4.69, 9.17) is 19.2 Å². The zero-order valence-corrected chi connectivity index (χ0v) is 25.4. The number of fused-ring (bicyclic) bond motifs is 1. The first-order valence-electron chi connectivity index (χ1n) is 13.2. The van der Waals surface area contributed by atoms with E-state index in [2.05, 4.69) is 17.6 Å². The lowest BCUT2D eigenvalue weighted by atomic mass is 9.88. The normalized spacial score (nSPS) is 19.7. The second kappa shape index (κ2) is 14.5. The number of sulfone groups is 1. The van der Waals surface area contributed by atoms with Gasteiger partial charge < -0.3 is 15.2 Å². The van der Waals surface area contributed by atoms with Crippen molar-refractivity contribution in [3.63, 3.8) is 0 Å². The molecule has 1 amide bonds. The molecule has 43 heavy (non-hydrogen) atoms. The number of aliphatic carboxylic acids is 1. The van der Waals surface area contributed by atoms with Gasteiger partial charge in [0.05, 0.1) is 35.1 Å². The third-order valence-electron chi connectivity index (χ3n) is 6.85. The summed E-state index contributed by atoms with van der Waals surface area (Å²) in [5.74, 6) is -4.08. The summed E-state index contributed by atoms with van der Waals surface area (Å²) >= 11 is 0. The molecule has 240 valence electrons. The van der Waals surface area contributed by atoms with Crippen LogP contribution in [0.4, 0.5) is 13.2 Å². The highest BCUT2D eigenvalue weighted by molar-refractivity contribution is 7.91. The zero-order chi connectivity index (χ0) is 32.6. The summed E-state index contributed by atoms with van der Waals surface area (Å²) < 4.78 is 95.8. The van der Waals surface area contributed by atoms with Gasteiger partial charge in [-0.1, -0.05) is 57.0 Å². The number of alkyl halides is 3. The molecule has 2 aromatic carbocycles. The number of hydrogen-bond donors (Lipinski definition) is 4. The number of carbonyl (C=O) groups is 2. The quantitative estimate of drug-likeness (QED) is 0.277. The van der Waals surface area contributed by atoms with E-state index in [1.54, 1.807) is 6.07 Å². The molecule has 0 fully saturated rings. The van der Waals surface area contributed by atoms with Gasteiger partial charge in [-0.2, -0.15) is 21.6 Å². The van der Waals surface area contributed by atoms with Crippen LogP contribution < -0.4 is 15.4 Å². The number of ether oxygens (including phenoxy) is 1. The van der Waals surface area contributed by atoms with Crippen molar-refractivity contribution < 1.29 is 54.0 Å². The highest BCUT2D eigenvalue weighted by Crippen LogP contribution is 2.40. The number of nitrogens with one attached hydrogen (secondary N) is 2. The molecule has 0 saturated carbocycles. The smallest absolute Gasteiger partial charge is 0.490 e. The van der Waals surface area contributed by atoms with Crippen LogP contribution in [0, 0.1) is 0 Å². The zero-order valence-electron chi connectivity index (χ0n) is 23.8. The Balaban J connectivity index is 0.000000821. The van der Waals surface area contributed by atoms with Crippen molar-refractivity contribution in [3.8, 4) is 5.75 Å². The summed E-state index contributed by atoms with van der Waals surface area (Å²) in [5.41, 5.74) is 0.677. The molecular weight excluding hydrogens is 617 g/mol. The molecule has 0 bridgehead atoms. The lowest BCUT2D eigenvalue weighted by molar-refractivity contribution is -0.192. The van der Waals surface area contributed by atoms with Crippen LogP contribution in [-0.4, -0.2) is 75.2 Å². The van der Waals surface area contributed by atoms with Gasteiger partial charge in [-0.3, -0.25) is 14.7 Å².